The Bertz CT molecular complexity index is 1860. The zero-order chi connectivity index (χ0) is 30.5. The molecule has 4 aromatic rings. The zero-order valence-corrected chi connectivity index (χ0v) is 25.4. The first-order valence-electron chi connectivity index (χ1n) is 13.7. The number of aromatic nitrogens is 1. The van der Waals surface area contributed by atoms with E-state index in [1.54, 1.807) is 43.9 Å². The maximum atomic E-state index is 14.2. The summed E-state index contributed by atoms with van der Waals surface area (Å²) in [6.45, 7) is 4.30. The van der Waals surface area contributed by atoms with E-state index in [1.807, 2.05) is 61.5 Å². The zero-order valence-electron chi connectivity index (χ0n) is 24.6. The van der Waals surface area contributed by atoms with Gasteiger partial charge in [-0.05, 0) is 55.3 Å². The van der Waals surface area contributed by atoms with E-state index in [2.05, 4.69) is 0 Å². The van der Waals surface area contributed by atoms with Gasteiger partial charge in [0, 0.05) is 5.56 Å². The molecule has 0 amide bonds. The molecule has 0 bridgehead atoms. The van der Waals surface area contributed by atoms with Crippen LogP contribution in [0.25, 0.3) is 11.8 Å². The Morgan fingerprint density at radius 2 is 1.58 bits per heavy atom. The highest BCUT2D eigenvalue weighted by Gasteiger charge is 2.35. The van der Waals surface area contributed by atoms with Gasteiger partial charge in [0.15, 0.2) is 27.8 Å². The molecule has 0 spiro atoms. The maximum Gasteiger partial charge on any atom is 0.338 e. The highest BCUT2D eigenvalue weighted by molar-refractivity contribution is 7.07. The fourth-order valence-corrected chi connectivity index (χ4v) is 5.98. The van der Waals surface area contributed by atoms with Crippen molar-refractivity contribution in [3.63, 3.8) is 0 Å². The minimum atomic E-state index is -0.845. The van der Waals surface area contributed by atoms with Crippen molar-refractivity contribution in [3.8, 4) is 23.0 Å². The largest absolute Gasteiger partial charge is 0.493 e. The summed E-state index contributed by atoms with van der Waals surface area (Å²) in [5.41, 5.74) is 2.51. The first-order valence-corrected chi connectivity index (χ1v) is 14.6. The first-order chi connectivity index (χ1) is 20.9. The first kappa shape index (κ1) is 29.7. The number of benzene rings is 3. The van der Waals surface area contributed by atoms with Crippen molar-refractivity contribution in [1.82, 2.24) is 4.57 Å². The number of thiazole rings is 1. The van der Waals surface area contributed by atoms with Gasteiger partial charge in [0.25, 0.3) is 5.56 Å². The van der Waals surface area contributed by atoms with Crippen molar-refractivity contribution < 1.29 is 28.5 Å². The molecule has 10 heteroatoms. The highest BCUT2D eigenvalue weighted by atomic mass is 32.1. The molecular formula is C33H32N2O7S. The van der Waals surface area contributed by atoms with E-state index in [4.69, 9.17) is 28.7 Å². The number of esters is 1. The van der Waals surface area contributed by atoms with Crippen LogP contribution in [0.4, 0.5) is 0 Å². The molecule has 43 heavy (non-hydrogen) atoms. The lowest BCUT2D eigenvalue weighted by molar-refractivity contribution is -0.138. The van der Waals surface area contributed by atoms with Crippen LogP contribution < -0.4 is 33.8 Å². The lowest BCUT2D eigenvalue weighted by atomic mass is 9.93. The fourth-order valence-electron chi connectivity index (χ4n) is 4.98. The normalized spacial score (nSPS) is 14.5. The number of fused-ring (bicyclic) bond motifs is 1. The molecule has 3 aromatic carbocycles. The van der Waals surface area contributed by atoms with Crippen molar-refractivity contribution in [2.45, 2.75) is 19.9 Å². The van der Waals surface area contributed by atoms with E-state index in [9.17, 15) is 9.59 Å². The Kier molecular flexibility index (Phi) is 8.96. The number of ether oxygens (including phenoxy) is 5. The van der Waals surface area contributed by atoms with Crippen LogP contribution in [0.15, 0.2) is 82.1 Å². The summed E-state index contributed by atoms with van der Waals surface area (Å²) in [5.74, 6) is 1.60. The molecule has 0 saturated heterocycles. The summed E-state index contributed by atoms with van der Waals surface area (Å²) in [4.78, 5) is 33.2. The van der Waals surface area contributed by atoms with Gasteiger partial charge >= 0.3 is 5.97 Å². The Labute approximate surface area is 252 Å². The monoisotopic (exact) mass is 600 g/mol. The number of hydrogen-bond donors (Lipinski definition) is 0. The third kappa shape index (κ3) is 5.78. The Morgan fingerprint density at radius 1 is 0.884 bits per heavy atom. The molecule has 0 aliphatic carbocycles. The average Bonchev–Trinajstić information content (AvgIpc) is 3.35. The molecule has 0 fully saturated rings. The minimum Gasteiger partial charge on any atom is -0.493 e. The molecule has 2 heterocycles. The molecule has 0 saturated carbocycles. The van der Waals surface area contributed by atoms with Crippen LogP contribution in [0.5, 0.6) is 23.0 Å². The smallest absolute Gasteiger partial charge is 0.338 e. The van der Waals surface area contributed by atoms with Crippen LogP contribution in [0.1, 0.15) is 36.6 Å². The molecule has 222 valence electrons. The van der Waals surface area contributed by atoms with Crippen molar-refractivity contribution >= 4 is 29.1 Å². The van der Waals surface area contributed by atoms with Gasteiger partial charge in [-0.15, -0.1) is 0 Å². The van der Waals surface area contributed by atoms with Crippen molar-refractivity contribution in [2.24, 2.45) is 4.99 Å². The molecule has 0 unspecified atom stereocenters. The van der Waals surface area contributed by atoms with Gasteiger partial charge in [0.1, 0.15) is 0 Å². The van der Waals surface area contributed by atoms with Crippen LogP contribution >= 0.6 is 11.3 Å². The molecule has 1 aliphatic heterocycles. The summed E-state index contributed by atoms with van der Waals surface area (Å²) in [6, 6.07) is 19.4. The van der Waals surface area contributed by atoms with E-state index >= 15 is 0 Å². The summed E-state index contributed by atoms with van der Waals surface area (Å²) < 4.78 is 29.7. The molecule has 1 aromatic heterocycles. The number of carbonyl (C=O) groups excluding carboxylic acids is 1. The summed E-state index contributed by atoms with van der Waals surface area (Å²) in [5, 5.41) is 0. The molecule has 1 atom stereocenters. The molecule has 0 N–H and O–H groups in total. The SMILES string of the molecule is CCOC(=O)C1=C(c2ccccc2)N=c2s/c(=C\c3ccc(OCC)c(OC)c3)c(=O)n2[C@H]1c1ccc(OC)c(OC)c1. The lowest BCUT2D eigenvalue weighted by Crippen LogP contribution is -2.40. The van der Waals surface area contributed by atoms with Crippen LogP contribution in [-0.2, 0) is 9.53 Å². The van der Waals surface area contributed by atoms with Gasteiger partial charge in [-0.25, -0.2) is 9.79 Å². The van der Waals surface area contributed by atoms with E-state index in [0.717, 1.165) is 11.1 Å². The number of nitrogens with zero attached hydrogens (tertiary/aromatic N) is 2. The fraction of sp³-hybridized carbons (Fsp3) is 0.242. The van der Waals surface area contributed by atoms with Gasteiger partial charge in [0.2, 0.25) is 0 Å². The van der Waals surface area contributed by atoms with Gasteiger partial charge in [-0.1, -0.05) is 53.8 Å². The van der Waals surface area contributed by atoms with E-state index in [0.29, 0.717) is 50.2 Å². The topological polar surface area (TPSA) is 97.6 Å². The van der Waals surface area contributed by atoms with Crippen molar-refractivity contribution in [2.75, 3.05) is 34.5 Å². The third-order valence-corrected chi connectivity index (χ3v) is 7.87. The van der Waals surface area contributed by atoms with Gasteiger partial charge in [0.05, 0.1) is 56.4 Å². The Balaban J connectivity index is 1.80. The van der Waals surface area contributed by atoms with Crippen LogP contribution in [0.3, 0.4) is 0 Å². The predicted octanol–water partition coefficient (Wildman–Crippen LogP) is 4.36. The Hall–Kier alpha value is -4.83. The number of hydrogen-bond acceptors (Lipinski definition) is 9. The van der Waals surface area contributed by atoms with Gasteiger partial charge in [-0.2, -0.15) is 0 Å². The van der Waals surface area contributed by atoms with Gasteiger partial charge in [-0.3, -0.25) is 9.36 Å². The van der Waals surface area contributed by atoms with Crippen LogP contribution in [0, 0.1) is 0 Å². The Morgan fingerprint density at radius 3 is 2.26 bits per heavy atom. The lowest BCUT2D eigenvalue weighted by Gasteiger charge is -2.26. The number of carbonyl (C=O) groups is 1. The quantitative estimate of drug-likeness (QED) is 0.250. The summed E-state index contributed by atoms with van der Waals surface area (Å²) in [6.07, 6.45) is 1.78. The van der Waals surface area contributed by atoms with E-state index < -0.39 is 12.0 Å². The summed E-state index contributed by atoms with van der Waals surface area (Å²) in [7, 11) is 4.66. The van der Waals surface area contributed by atoms with E-state index in [1.165, 1.54) is 18.4 Å². The van der Waals surface area contributed by atoms with Crippen molar-refractivity contribution in [1.29, 1.82) is 0 Å². The third-order valence-electron chi connectivity index (χ3n) is 6.88. The number of rotatable bonds is 10. The standard InChI is InChI=1S/C33H32N2O7S/c1-6-41-24-15-13-20(17-25(24)39-4)18-27-31(36)35-30(22-14-16-23(38-3)26(19-22)40-5)28(32(37)42-7-2)29(34-33(35)43-27)21-11-9-8-10-12-21/h8-19,30H,6-7H2,1-5H3/b27-18-/t30-/m0/s1. The molecule has 5 rings (SSSR count). The minimum absolute atomic E-state index is 0.160. The average molecular weight is 601 g/mol. The molecule has 9 nitrogen and oxygen atoms in total. The number of methoxy groups -OCH3 is 3. The second-order valence-electron chi connectivity index (χ2n) is 9.39. The molecule has 1 aliphatic rings. The van der Waals surface area contributed by atoms with Crippen LogP contribution in [0.2, 0.25) is 0 Å². The molecule has 0 radical (unpaired) electrons. The predicted molar refractivity (Wildman–Crippen MR) is 165 cm³/mol. The second-order valence-corrected chi connectivity index (χ2v) is 10.4. The summed E-state index contributed by atoms with van der Waals surface area (Å²) >= 11 is 1.24. The van der Waals surface area contributed by atoms with Crippen molar-refractivity contribution in [3.05, 3.63) is 109 Å². The molecular weight excluding hydrogens is 568 g/mol. The van der Waals surface area contributed by atoms with Crippen LogP contribution in [-0.4, -0.2) is 45.1 Å². The highest BCUT2D eigenvalue weighted by Crippen LogP contribution is 2.38. The maximum absolute atomic E-state index is 14.2. The van der Waals surface area contributed by atoms with E-state index in [-0.39, 0.29) is 17.7 Å². The van der Waals surface area contributed by atoms with Gasteiger partial charge < -0.3 is 23.7 Å². The second kappa shape index (κ2) is 13.0.